The van der Waals surface area contributed by atoms with Gasteiger partial charge in [-0.15, -0.1) is 0 Å². The standard InChI is InChI=1S/C21H22N4O2/c1-2-25(13-16-6-4-3-5-7-16)21-11-20(23-14-24-21)22-12-17-8-9-18-19(10-17)27-15-26-18/h3-11,14H,2,12-13,15H2,1H3,(H,22,23,24). The topological polar surface area (TPSA) is 59.5 Å². The lowest BCUT2D eigenvalue weighted by Crippen LogP contribution is -2.23. The van der Waals surface area contributed by atoms with E-state index in [0.29, 0.717) is 6.54 Å². The van der Waals surface area contributed by atoms with Gasteiger partial charge in [0.25, 0.3) is 0 Å². The molecular formula is C21H22N4O2. The van der Waals surface area contributed by atoms with Gasteiger partial charge >= 0.3 is 0 Å². The van der Waals surface area contributed by atoms with Crippen molar-refractivity contribution < 1.29 is 9.47 Å². The summed E-state index contributed by atoms with van der Waals surface area (Å²) in [4.78, 5) is 11.0. The van der Waals surface area contributed by atoms with Crippen LogP contribution >= 0.6 is 0 Å². The van der Waals surface area contributed by atoms with Crippen molar-refractivity contribution in [1.82, 2.24) is 9.97 Å². The van der Waals surface area contributed by atoms with Crippen LogP contribution in [0.25, 0.3) is 0 Å². The molecule has 2 aromatic carbocycles. The highest BCUT2D eigenvalue weighted by molar-refractivity contribution is 5.50. The molecule has 0 saturated heterocycles. The summed E-state index contributed by atoms with van der Waals surface area (Å²) in [6.45, 7) is 4.75. The molecule has 0 unspecified atom stereocenters. The molecule has 0 aliphatic carbocycles. The van der Waals surface area contributed by atoms with Crippen molar-refractivity contribution >= 4 is 11.6 Å². The van der Waals surface area contributed by atoms with Crippen molar-refractivity contribution in [3.05, 3.63) is 72.1 Å². The largest absolute Gasteiger partial charge is 0.454 e. The monoisotopic (exact) mass is 362 g/mol. The Morgan fingerprint density at radius 3 is 2.67 bits per heavy atom. The zero-order valence-electron chi connectivity index (χ0n) is 15.3. The van der Waals surface area contributed by atoms with E-state index in [9.17, 15) is 0 Å². The van der Waals surface area contributed by atoms with Crippen LogP contribution in [0.4, 0.5) is 11.6 Å². The number of hydrogen-bond acceptors (Lipinski definition) is 6. The lowest BCUT2D eigenvalue weighted by atomic mass is 10.2. The van der Waals surface area contributed by atoms with E-state index in [1.54, 1.807) is 6.33 Å². The summed E-state index contributed by atoms with van der Waals surface area (Å²) < 4.78 is 10.8. The number of anilines is 2. The van der Waals surface area contributed by atoms with Crippen LogP contribution in [0, 0.1) is 0 Å². The zero-order valence-corrected chi connectivity index (χ0v) is 15.3. The van der Waals surface area contributed by atoms with Crippen LogP contribution in [0.2, 0.25) is 0 Å². The molecule has 0 spiro atoms. The second kappa shape index (κ2) is 7.95. The summed E-state index contributed by atoms with van der Waals surface area (Å²) in [6, 6.07) is 18.3. The summed E-state index contributed by atoms with van der Waals surface area (Å²) >= 11 is 0. The number of aromatic nitrogens is 2. The quantitative estimate of drug-likeness (QED) is 0.689. The number of fused-ring (bicyclic) bond motifs is 1. The highest BCUT2D eigenvalue weighted by Crippen LogP contribution is 2.32. The van der Waals surface area contributed by atoms with Gasteiger partial charge in [0.05, 0.1) is 0 Å². The Bertz CT molecular complexity index is 902. The minimum atomic E-state index is 0.287. The number of nitrogens with zero attached hydrogens (tertiary/aromatic N) is 3. The van der Waals surface area contributed by atoms with Crippen molar-refractivity contribution in [1.29, 1.82) is 0 Å². The SMILES string of the molecule is CCN(Cc1ccccc1)c1cc(NCc2ccc3c(c2)OCO3)ncn1. The van der Waals surface area contributed by atoms with Gasteiger partial charge in [-0.2, -0.15) is 0 Å². The maximum atomic E-state index is 5.43. The maximum absolute atomic E-state index is 5.43. The molecule has 0 fully saturated rings. The van der Waals surface area contributed by atoms with Gasteiger partial charge < -0.3 is 19.7 Å². The first kappa shape index (κ1) is 17.1. The first-order valence-electron chi connectivity index (χ1n) is 9.05. The van der Waals surface area contributed by atoms with Crippen molar-refractivity contribution in [2.45, 2.75) is 20.0 Å². The van der Waals surface area contributed by atoms with Crippen molar-refractivity contribution in [3.63, 3.8) is 0 Å². The zero-order chi connectivity index (χ0) is 18.5. The van der Waals surface area contributed by atoms with E-state index >= 15 is 0 Å². The molecule has 27 heavy (non-hydrogen) atoms. The molecule has 6 heteroatoms. The highest BCUT2D eigenvalue weighted by atomic mass is 16.7. The molecular weight excluding hydrogens is 340 g/mol. The average molecular weight is 362 g/mol. The second-order valence-electron chi connectivity index (χ2n) is 6.30. The molecule has 3 aromatic rings. The van der Waals surface area contributed by atoms with Gasteiger partial charge in [0.15, 0.2) is 11.5 Å². The van der Waals surface area contributed by atoms with E-state index in [1.165, 1.54) is 5.56 Å². The van der Waals surface area contributed by atoms with E-state index < -0.39 is 0 Å². The third-order valence-electron chi connectivity index (χ3n) is 4.49. The van der Waals surface area contributed by atoms with Gasteiger partial charge in [-0.25, -0.2) is 9.97 Å². The molecule has 4 rings (SSSR count). The van der Waals surface area contributed by atoms with Gasteiger partial charge in [-0.3, -0.25) is 0 Å². The van der Waals surface area contributed by atoms with E-state index in [2.05, 4.69) is 51.4 Å². The molecule has 1 aromatic heterocycles. The van der Waals surface area contributed by atoms with Gasteiger partial charge in [0, 0.05) is 25.7 Å². The molecule has 0 radical (unpaired) electrons. The Kier molecular flexibility index (Phi) is 5.05. The Morgan fingerprint density at radius 2 is 1.81 bits per heavy atom. The molecule has 0 bridgehead atoms. The molecule has 0 saturated carbocycles. The summed E-state index contributed by atoms with van der Waals surface area (Å²) in [5.74, 6) is 3.29. The Morgan fingerprint density at radius 1 is 0.963 bits per heavy atom. The molecule has 0 amide bonds. The maximum Gasteiger partial charge on any atom is 0.231 e. The predicted octanol–water partition coefficient (Wildman–Crippen LogP) is 3.84. The first-order chi connectivity index (χ1) is 13.3. The van der Waals surface area contributed by atoms with Crippen LogP contribution < -0.4 is 19.7 Å². The minimum absolute atomic E-state index is 0.287. The average Bonchev–Trinajstić information content (AvgIpc) is 3.19. The van der Waals surface area contributed by atoms with E-state index in [0.717, 1.165) is 41.8 Å². The van der Waals surface area contributed by atoms with Gasteiger partial charge in [0.1, 0.15) is 18.0 Å². The Balaban J connectivity index is 1.43. The van der Waals surface area contributed by atoms with Crippen molar-refractivity contribution in [2.75, 3.05) is 23.6 Å². The fourth-order valence-electron chi connectivity index (χ4n) is 3.02. The van der Waals surface area contributed by atoms with Crippen LogP contribution in [0.15, 0.2) is 60.9 Å². The summed E-state index contributed by atoms with van der Waals surface area (Å²) in [5.41, 5.74) is 2.36. The molecule has 1 aliphatic heterocycles. The van der Waals surface area contributed by atoms with Gasteiger partial charge in [-0.05, 0) is 30.2 Å². The Labute approximate surface area is 158 Å². The summed E-state index contributed by atoms with van der Waals surface area (Å²) in [5, 5.41) is 3.36. The highest BCUT2D eigenvalue weighted by Gasteiger charge is 2.13. The normalized spacial score (nSPS) is 12.0. The molecule has 0 atom stereocenters. The molecule has 6 nitrogen and oxygen atoms in total. The predicted molar refractivity (Wildman–Crippen MR) is 105 cm³/mol. The number of ether oxygens (including phenoxy) is 2. The Hall–Kier alpha value is -3.28. The van der Waals surface area contributed by atoms with E-state index in [4.69, 9.17) is 9.47 Å². The fourth-order valence-corrected chi connectivity index (χ4v) is 3.02. The van der Waals surface area contributed by atoms with Crippen LogP contribution in [0.5, 0.6) is 11.5 Å². The summed E-state index contributed by atoms with van der Waals surface area (Å²) in [6.07, 6.45) is 1.60. The smallest absolute Gasteiger partial charge is 0.231 e. The van der Waals surface area contributed by atoms with Crippen molar-refractivity contribution in [3.8, 4) is 11.5 Å². The number of benzene rings is 2. The lowest BCUT2D eigenvalue weighted by molar-refractivity contribution is 0.174. The van der Waals surface area contributed by atoms with E-state index in [-0.39, 0.29) is 6.79 Å². The van der Waals surface area contributed by atoms with E-state index in [1.807, 2.05) is 30.3 Å². The van der Waals surface area contributed by atoms with Gasteiger partial charge in [-0.1, -0.05) is 36.4 Å². The number of nitrogens with one attached hydrogen (secondary N) is 1. The number of hydrogen-bond donors (Lipinski definition) is 1. The third kappa shape index (κ3) is 4.11. The van der Waals surface area contributed by atoms with Crippen LogP contribution in [0.1, 0.15) is 18.1 Å². The van der Waals surface area contributed by atoms with Crippen LogP contribution in [0.3, 0.4) is 0 Å². The summed E-state index contributed by atoms with van der Waals surface area (Å²) in [7, 11) is 0. The molecule has 138 valence electrons. The van der Waals surface area contributed by atoms with Crippen LogP contribution in [-0.4, -0.2) is 23.3 Å². The number of rotatable bonds is 7. The van der Waals surface area contributed by atoms with Crippen LogP contribution in [-0.2, 0) is 13.1 Å². The fraction of sp³-hybridized carbons (Fsp3) is 0.238. The molecule has 2 heterocycles. The second-order valence-corrected chi connectivity index (χ2v) is 6.30. The third-order valence-corrected chi connectivity index (χ3v) is 4.49. The van der Waals surface area contributed by atoms with Crippen molar-refractivity contribution in [2.24, 2.45) is 0 Å². The molecule has 1 aliphatic rings. The lowest BCUT2D eigenvalue weighted by Gasteiger charge is -2.22. The molecule has 1 N–H and O–H groups in total. The van der Waals surface area contributed by atoms with Gasteiger partial charge in [0.2, 0.25) is 6.79 Å². The minimum Gasteiger partial charge on any atom is -0.454 e. The first-order valence-corrected chi connectivity index (χ1v) is 9.05.